The number of hydrogen-bond donors (Lipinski definition) is 2. The Bertz CT molecular complexity index is 607. The molecular formula is C17H24F3N3O4. The van der Waals surface area contributed by atoms with Crippen molar-refractivity contribution >= 4 is 17.9 Å². The minimum atomic E-state index is -4.67. The van der Waals surface area contributed by atoms with Crippen LogP contribution in [-0.4, -0.2) is 71.2 Å². The molecule has 10 heteroatoms. The van der Waals surface area contributed by atoms with Crippen LogP contribution in [0.2, 0.25) is 0 Å². The van der Waals surface area contributed by atoms with Crippen LogP contribution in [0.25, 0.3) is 0 Å². The largest absolute Gasteiger partial charge is 0.481 e. The van der Waals surface area contributed by atoms with Crippen LogP contribution in [0.3, 0.4) is 0 Å². The predicted molar refractivity (Wildman–Crippen MR) is 87.7 cm³/mol. The van der Waals surface area contributed by atoms with Gasteiger partial charge in [0, 0.05) is 38.1 Å². The van der Waals surface area contributed by atoms with E-state index in [1.54, 1.807) is 0 Å². The fraction of sp³-hybridized carbons (Fsp3) is 0.824. The Hall–Kier alpha value is -2.00. The highest BCUT2D eigenvalue weighted by Crippen LogP contribution is 2.38. The van der Waals surface area contributed by atoms with Crippen molar-refractivity contribution in [3.63, 3.8) is 0 Å². The molecule has 3 amide bonds. The number of rotatable bonds is 3. The van der Waals surface area contributed by atoms with Crippen LogP contribution in [0.4, 0.5) is 18.0 Å². The predicted octanol–water partition coefficient (Wildman–Crippen LogP) is 1.68. The van der Waals surface area contributed by atoms with E-state index in [9.17, 15) is 27.6 Å². The number of carbonyl (C=O) groups is 3. The van der Waals surface area contributed by atoms with Crippen molar-refractivity contribution in [2.24, 2.45) is 17.8 Å². The molecule has 3 aliphatic rings. The van der Waals surface area contributed by atoms with Crippen LogP contribution >= 0.6 is 0 Å². The molecular weight excluding hydrogens is 367 g/mol. The highest BCUT2D eigenvalue weighted by Gasteiger charge is 2.53. The number of carboxylic acid groups (broad SMARTS) is 1. The van der Waals surface area contributed by atoms with Gasteiger partial charge in [0.05, 0.1) is 11.8 Å². The number of nitrogens with one attached hydrogen (secondary N) is 1. The first-order valence-electron chi connectivity index (χ1n) is 9.30. The number of carbonyl (C=O) groups excluding carboxylic acids is 2. The molecule has 1 saturated carbocycles. The molecule has 0 aromatic heterocycles. The summed E-state index contributed by atoms with van der Waals surface area (Å²) in [5.41, 5.74) is 0. The van der Waals surface area contributed by atoms with E-state index in [0.29, 0.717) is 19.3 Å². The number of carboxylic acids is 1. The average molecular weight is 391 g/mol. The number of hydrogen-bond acceptors (Lipinski definition) is 3. The lowest BCUT2D eigenvalue weighted by Crippen LogP contribution is -2.44. The number of halogens is 3. The topological polar surface area (TPSA) is 90.0 Å². The maximum atomic E-state index is 13.0. The fourth-order valence-electron chi connectivity index (χ4n) is 4.35. The van der Waals surface area contributed by atoms with Gasteiger partial charge in [0.2, 0.25) is 5.91 Å². The lowest BCUT2D eigenvalue weighted by Gasteiger charge is -2.22. The normalized spacial score (nSPS) is 31.4. The SMILES string of the molecule is O=C(O)[C@@H]1CN(C(=O)N[C@H]2CC[C@@H](C(=O)N3CCCC3)C2)C[C@H]1C(F)(F)F. The lowest BCUT2D eigenvalue weighted by atomic mass is 9.96. The maximum Gasteiger partial charge on any atom is 0.394 e. The Labute approximate surface area is 154 Å². The Kier molecular flexibility index (Phi) is 5.53. The molecule has 7 nitrogen and oxygen atoms in total. The highest BCUT2D eigenvalue weighted by molar-refractivity contribution is 5.80. The first-order chi connectivity index (χ1) is 12.7. The van der Waals surface area contributed by atoms with Crippen molar-refractivity contribution in [2.75, 3.05) is 26.2 Å². The third kappa shape index (κ3) is 4.30. The quantitative estimate of drug-likeness (QED) is 0.766. The molecule has 0 aromatic carbocycles. The van der Waals surface area contributed by atoms with Crippen molar-refractivity contribution in [2.45, 2.75) is 44.3 Å². The maximum absolute atomic E-state index is 13.0. The van der Waals surface area contributed by atoms with Crippen LogP contribution in [0.1, 0.15) is 32.1 Å². The van der Waals surface area contributed by atoms with Gasteiger partial charge in [-0.3, -0.25) is 9.59 Å². The van der Waals surface area contributed by atoms with Crippen LogP contribution in [-0.2, 0) is 9.59 Å². The van der Waals surface area contributed by atoms with Gasteiger partial charge in [-0.1, -0.05) is 0 Å². The monoisotopic (exact) mass is 391 g/mol. The standard InChI is InChI=1S/C17H24F3N3O4/c18-17(19,20)13-9-23(8-12(13)15(25)26)16(27)21-11-4-3-10(7-11)14(24)22-5-1-2-6-22/h10-13H,1-9H2,(H,21,27)(H,25,26)/t10-,11+,12-,13-/m1/s1. The third-order valence-electron chi connectivity index (χ3n) is 5.87. The number of nitrogens with zero attached hydrogens (tertiary/aromatic N) is 2. The number of urea groups is 1. The van der Waals surface area contributed by atoms with Crippen molar-refractivity contribution in [1.82, 2.24) is 15.1 Å². The number of alkyl halides is 3. The second-order valence-electron chi connectivity index (χ2n) is 7.69. The molecule has 3 fully saturated rings. The molecule has 1 aliphatic carbocycles. The van der Waals surface area contributed by atoms with Gasteiger partial charge in [-0.05, 0) is 32.1 Å². The molecule has 27 heavy (non-hydrogen) atoms. The smallest absolute Gasteiger partial charge is 0.394 e. The first kappa shape index (κ1) is 19.8. The van der Waals surface area contributed by atoms with E-state index in [1.807, 2.05) is 4.90 Å². The Morgan fingerprint density at radius 3 is 2.22 bits per heavy atom. The van der Waals surface area contributed by atoms with Crippen LogP contribution in [0.15, 0.2) is 0 Å². The molecule has 2 saturated heterocycles. The van der Waals surface area contributed by atoms with E-state index >= 15 is 0 Å². The lowest BCUT2D eigenvalue weighted by molar-refractivity contribution is -0.187. The zero-order valence-corrected chi connectivity index (χ0v) is 14.9. The van der Waals surface area contributed by atoms with Gasteiger partial charge < -0.3 is 20.2 Å². The molecule has 3 rings (SSSR count). The zero-order chi connectivity index (χ0) is 19.8. The molecule has 0 radical (unpaired) electrons. The second kappa shape index (κ2) is 7.55. The molecule has 2 aliphatic heterocycles. The second-order valence-corrected chi connectivity index (χ2v) is 7.69. The number of likely N-dealkylation sites (tertiary alicyclic amines) is 2. The van der Waals surface area contributed by atoms with Crippen molar-refractivity contribution in [3.8, 4) is 0 Å². The summed E-state index contributed by atoms with van der Waals surface area (Å²) < 4.78 is 39.1. The molecule has 0 spiro atoms. The minimum Gasteiger partial charge on any atom is -0.481 e. The van der Waals surface area contributed by atoms with Crippen molar-refractivity contribution in [3.05, 3.63) is 0 Å². The summed E-state index contributed by atoms with van der Waals surface area (Å²) in [7, 11) is 0. The van der Waals surface area contributed by atoms with E-state index in [2.05, 4.69) is 5.32 Å². The first-order valence-corrected chi connectivity index (χ1v) is 9.30. The Balaban J connectivity index is 1.53. The molecule has 152 valence electrons. The zero-order valence-electron chi connectivity index (χ0n) is 14.9. The van der Waals surface area contributed by atoms with E-state index in [-0.39, 0.29) is 17.9 Å². The highest BCUT2D eigenvalue weighted by atomic mass is 19.4. The van der Waals surface area contributed by atoms with Crippen LogP contribution < -0.4 is 5.32 Å². The van der Waals surface area contributed by atoms with Gasteiger partial charge >= 0.3 is 18.2 Å². The van der Waals surface area contributed by atoms with Crippen LogP contribution in [0.5, 0.6) is 0 Å². The summed E-state index contributed by atoms with van der Waals surface area (Å²) in [6.45, 7) is 0.397. The molecule has 2 N–H and O–H groups in total. The van der Waals surface area contributed by atoms with Crippen LogP contribution in [0, 0.1) is 17.8 Å². The third-order valence-corrected chi connectivity index (χ3v) is 5.87. The Morgan fingerprint density at radius 2 is 1.67 bits per heavy atom. The van der Waals surface area contributed by atoms with Gasteiger partial charge in [0.25, 0.3) is 0 Å². The summed E-state index contributed by atoms with van der Waals surface area (Å²) in [5.74, 6) is -5.34. The summed E-state index contributed by atoms with van der Waals surface area (Å²) in [4.78, 5) is 38.6. The van der Waals surface area contributed by atoms with Gasteiger partial charge in [-0.2, -0.15) is 13.2 Å². The van der Waals surface area contributed by atoms with E-state index in [1.165, 1.54) is 0 Å². The number of aliphatic carboxylic acids is 1. The van der Waals surface area contributed by atoms with E-state index < -0.39 is 43.1 Å². The van der Waals surface area contributed by atoms with Gasteiger partial charge in [-0.15, -0.1) is 0 Å². The molecule has 4 atom stereocenters. The van der Waals surface area contributed by atoms with E-state index in [0.717, 1.165) is 30.8 Å². The molecule has 0 aromatic rings. The summed E-state index contributed by atoms with van der Waals surface area (Å²) in [6, 6.07) is -0.963. The molecule has 0 bridgehead atoms. The van der Waals surface area contributed by atoms with Crippen molar-refractivity contribution < 1.29 is 32.7 Å². The van der Waals surface area contributed by atoms with E-state index in [4.69, 9.17) is 5.11 Å². The van der Waals surface area contributed by atoms with Gasteiger partial charge in [0.1, 0.15) is 0 Å². The minimum absolute atomic E-state index is 0.0912. The molecule has 2 heterocycles. The van der Waals surface area contributed by atoms with Gasteiger partial charge in [0.15, 0.2) is 0 Å². The van der Waals surface area contributed by atoms with Crippen molar-refractivity contribution in [1.29, 1.82) is 0 Å². The Morgan fingerprint density at radius 1 is 1.00 bits per heavy atom. The number of amides is 3. The van der Waals surface area contributed by atoms with Gasteiger partial charge in [-0.25, -0.2) is 4.79 Å². The summed E-state index contributed by atoms with van der Waals surface area (Å²) >= 11 is 0. The summed E-state index contributed by atoms with van der Waals surface area (Å²) in [5, 5.41) is 11.7. The fourth-order valence-corrected chi connectivity index (χ4v) is 4.35. The summed E-state index contributed by atoms with van der Waals surface area (Å²) in [6.07, 6.45) is -0.964. The average Bonchev–Trinajstić information content (AvgIpc) is 3.32. The molecule has 0 unspecified atom stereocenters.